The van der Waals surface area contributed by atoms with E-state index >= 15 is 0 Å². The number of carbonyl (C=O) groups excluding carboxylic acids is 1. The van der Waals surface area contributed by atoms with Crippen LogP contribution in [0.25, 0.3) is 10.9 Å². The van der Waals surface area contributed by atoms with Crippen LogP contribution in [0.15, 0.2) is 24.4 Å². The van der Waals surface area contributed by atoms with Crippen molar-refractivity contribution in [2.24, 2.45) is 0 Å². The minimum atomic E-state index is -0.275. The number of hydrogen-bond donors (Lipinski definition) is 1. The molecule has 1 aliphatic heterocycles. The first kappa shape index (κ1) is 13.2. The van der Waals surface area contributed by atoms with E-state index in [1.807, 2.05) is 24.4 Å². The second-order valence-corrected chi connectivity index (χ2v) is 5.57. The fourth-order valence-electron chi connectivity index (χ4n) is 3.11. The van der Waals surface area contributed by atoms with Crippen LogP contribution in [-0.2, 0) is 11.2 Å². The fourth-order valence-corrected chi connectivity index (χ4v) is 3.11. The minimum absolute atomic E-state index is 0.275. The van der Waals surface area contributed by atoms with E-state index in [-0.39, 0.29) is 5.97 Å². The second kappa shape index (κ2) is 5.29. The molecule has 1 N–H and O–H groups in total. The van der Waals surface area contributed by atoms with Gasteiger partial charge in [0.25, 0.3) is 0 Å². The molecule has 20 heavy (non-hydrogen) atoms. The van der Waals surface area contributed by atoms with Gasteiger partial charge in [-0.3, -0.25) is 4.79 Å². The molecule has 1 atom stereocenters. The topological polar surface area (TPSA) is 45.3 Å². The molecule has 2 aromatic rings. The van der Waals surface area contributed by atoms with Crippen molar-refractivity contribution in [1.82, 2.24) is 9.88 Å². The number of carbonyl (C=O) groups is 1. The average Bonchev–Trinajstić information content (AvgIpc) is 2.98. The molecule has 3 rings (SSSR count). The maximum Gasteiger partial charge on any atom is 0.308 e. The summed E-state index contributed by atoms with van der Waals surface area (Å²) in [7, 11) is 2.18. The number of nitrogens with one attached hydrogen (secondary N) is 1. The first-order valence-corrected chi connectivity index (χ1v) is 7.13. The molecule has 2 heterocycles. The molecule has 0 spiro atoms. The number of rotatable bonds is 3. The normalized spacial score (nSPS) is 19.6. The highest BCUT2D eigenvalue weighted by atomic mass is 16.5. The molecule has 1 saturated heterocycles. The summed E-state index contributed by atoms with van der Waals surface area (Å²) in [5.41, 5.74) is 2.26. The van der Waals surface area contributed by atoms with Crippen molar-refractivity contribution < 1.29 is 9.53 Å². The molecule has 1 aromatic carbocycles. The highest BCUT2D eigenvalue weighted by Gasteiger charge is 2.23. The van der Waals surface area contributed by atoms with Gasteiger partial charge >= 0.3 is 5.97 Å². The van der Waals surface area contributed by atoms with Crippen molar-refractivity contribution in [1.29, 1.82) is 0 Å². The Morgan fingerprint density at radius 3 is 3.05 bits per heavy atom. The highest BCUT2D eigenvalue weighted by molar-refractivity contribution is 5.91. The van der Waals surface area contributed by atoms with E-state index in [1.165, 1.54) is 31.9 Å². The van der Waals surface area contributed by atoms with Crippen LogP contribution in [0.1, 0.15) is 25.3 Å². The van der Waals surface area contributed by atoms with Crippen LogP contribution in [0.2, 0.25) is 0 Å². The molecule has 106 valence electrons. The fraction of sp³-hybridized carbons (Fsp3) is 0.438. The van der Waals surface area contributed by atoms with Gasteiger partial charge in [-0.05, 0) is 50.6 Å². The van der Waals surface area contributed by atoms with E-state index in [1.54, 1.807) is 0 Å². The molecule has 0 amide bonds. The Kier molecular flexibility index (Phi) is 3.49. The van der Waals surface area contributed by atoms with E-state index in [9.17, 15) is 4.79 Å². The van der Waals surface area contributed by atoms with Crippen molar-refractivity contribution in [2.75, 3.05) is 13.6 Å². The average molecular weight is 272 g/mol. The number of fused-ring (bicyclic) bond motifs is 1. The standard InChI is InChI=1S/C16H20N2O2/c1-11(19)20-15-7-3-6-14-16(15)12(10-17-14)9-13-5-4-8-18(13)2/h3,6-7,10,13,17H,4-5,8-9H2,1-2H3. The molecule has 1 fully saturated rings. The van der Waals surface area contributed by atoms with E-state index in [4.69, 9.17) is 4.74 Å². The van der Waals surface area contributed by atoms with Gasteiger partial charge in [-0.2, -0.15) is 0 Å². The molecule has 0 bridgehead atoms. The third-order valence-corrected chi connectivity index (χ3v) is 4.13. The third-order valence-electron chi connectivity index (χ3n) is 4.13. The Morgan fingerprint density at radius 1 is 1.50 bits per heavy atom. The zero-order valence-corrected chi connectivity index (χ0v) is 12.0. The number of aromatic amines is 1. The number of likely N-dealkylation sites (tertiary alicyclic amines) is 1. The molecule has 0 radical (unpaired) electrons. The van der Waals surface area contributed by atoms with E-state index in [2.05, 4.69) is 16.9 Å². The van der Waals surface area contributed by atoms with Crippen molar-refractivity contribution >= 4 is 16.9 Å². The lowest BCUT2D eigenvalue weighted by Crippen LogP contribution is -2.26. The molecule has 1 aliphatic rings. The van der Waals surface area contributed by atoms with Gasteiger partial charge in [-0.1, -0.05) is 6.07 Å². The Balaban J connectivity index is 1.96. The first-order chi connectivity index (χ1) is 9.65. The van der Waals surface area contributed by atoms with E-state index in [0.717, 1.165) is 17.3 Å². The molecule has 0 aliphatic carbocycles. The SMILES string of the molecule is CC(=O)Oc1cccc2[nH]cc(CC3CCCN3C)c12. The number of esters is 1. The van der Waals surface area contributed by atoms with Crippen LogP contribution in [0, 0.1) is 0 Å². The van der Waals surface area contributed by atoms with Crippen molar-refractivity contribution in [3.05, 3.63) is 30.0 Å². The monoisotopic (exact) mass is 272 g/mol. The maximum atomic E-state index is 11.2. The molecule has 4 nitrogen and oxygen atoms in total. The van der Waals surface area contributed by atoms with Crippen molar-refractivity contribution in [3.8, 4) is 5.75 Å². The van der Waals surface area contributed by atoms with Crippen molar-refractivity contribution in [2.45, 2.75) is 32.2 Å². The van der Waals surface area contributed by atoms with Crippen molar-refractivity contribution in [3.63, 3.8) is 0 Å². The lowest BCUT2D eigenvalue weighted by Gasteiger charge is -2.19. The van der Waals surface area contributed by atoms with Crippen LogP contribution in [0.5, 0.6) is 5.75 Å². The summed E-state index contributed by atoms with van der Waals surface area (Å²) in [6.07, 6.45) is 5.54. The predicted octanol–water partition coefficient (Wildman–Crippen LogP) is 2.73. The first-order valence-electron chi connectivity index (χ1n) is 7.13. The van der Waals surface area contributed by atoms with Gasteiger partial charge < -0.3 is 14.6 Å². The van der Waals surface area contributed by atoms with E-state index in [0.29, 0.717) is 11.8 Å². The van der Waals surface area contributed by atoms with E-state index < -0.39 is 0 Å². The Hall–Kier alpha value is -1.81. The Morgan fingerprint density at radius 2 is 2.35 bits per heavy atom. The van der Waals surface area contributed by atoms with Crippen LogP contribution in [0.4, 0.5) is 0 Å². The minimum Gasteiger partial charge on any atom is -0.426 e. The summed E-state index contributed by atoms with van der Waals surface area (Å²) in [5, 5.41) is 1.04. The van der Waals surface area contributed by atoms with Gasteiger partial charge in [0.1, 0.15) is 5.75 Å². The molecular formula is C16H20N2O2. The lowest BCUT2D eigenvalue weighted by atomic mass is 10.0. The van der Waals surface area contributed by atoms with Crippen LogP contribution in [-0.4, -0.2) is 35.5 Å². The van der Waals surface area contributed by atoms with Gasteiger partial charge in [-0.25, -0.2) is 0 Å². The maximum absolute atomic E-state index is 11.2. The number of H-pyrrole nitrogens is 1. The molecule has 1 aromatic heterocycles. The largest absolute Gasteiger partial charge is 0.426 e. The van der Waals surface area contributed by atoms with Gasteiger partial charge in [0.05, 0.1) is 0 Å². The smallest absolute Gasteiger partial charge is 0.308 e. The predicted molar refractivity (Wildman–Crippen MR) is 79.0 cm³/mol. The molecule has 4 heteroatoms. The number of likely N-dealkylation sites (N-methyl/N-ethyl adjacent to an activating group) is 1. The number of nitrogens with zero attached hydrogens (tertiary/aromatic N) is 1. The number of benzene rings is 1. The summed E-state index contributed by atoms with van der Waals surface area (Å²) in [5.74, 6) is 0.384. The number of aromatic nitrogens is 1. The van der Waals surface area contributed by atoms with Gasteiger partial charge in [0.2, 0.25) is 0 Å². The van der Waals surface area contributed by atoms with Gasteiger partial charge in [-0.15, -0.1) is 0 Å². The Labute approximate surface area is 118 Å². The van der Waals surface area contributed by atoms with Crippen LogP contribution in [0.3, 0.4) is 0 Å². The zero-order valence-electron chi connectivity index (χ0n) is 12.0. The molecule has 1 unspecified atom stereocenters. The van der Waals surface area contributed by atoms with Crippen LogP contribution < -0.4 is 4.74 Å². The quantitative estimate of drug-likeness (QED) is 0.690. The molecular weight excluding hydrogens is 252 g/mol. The highest BCUT2D eigenvalue weighted by Crippen LogP contribution is 2.31. The van der Waals surface area contributed by atoms with Gasteiger partial charge in [0.15, 0.2) is 0 Å². The summed E-state index contributed by atoms with van der Waals surface area (Å²) < 4.78 is 5.35. The lowest BCUT2D eigenvalue weighted by molar-refractivity contribution is -0.131. The number of ether oxygens (including phenoxy) is 1. The second-order valence-electron chi connectivity index (χ2n) is 5.57. The summed E-state index contributed by atoms with van der Waals surface area (Å²) in [4.78, 5) is 16.9. The Bertz CT molecular complexity index is 632. The summed E-state index contributed by atoms with van der Waals surface area (Å²) >= 11 is 0. The van der Waals surface area contributed by atoms with Crippen LogP contribution >= 0.6 is 0 Å². The molecule has 0 saturated carbocycles. The summed E-state index contributed by atoms with van der Waals surface area (Å²) in [6, 6.07) is 6.37. The summed E-state index contributed by atoms with van der Waals surface area (Å²) in [6.45, 7) is 2.61. The van der Waals surface area contributed by atoms with Gasteiger partial charge in [0, 0.05) is 30.1 Å². The third kappa shape index (κ3) is 2.43. The zero-order chi connectivity index (χ0) is 14.1. The number of hydrogen-bond acceptors (Lipinski definition) is 3.